The van der Waals surface area contributed by atoms with Crippen LogP contribution in [0.5, 0.6) is 34.5 Å². The summed E-state index contributed by atoms with van der Waals surface area (Å²) in [4.78, 5) is 21.9. The van der Waals surface area contributed by atoms with E-state index in [1.54, 1.807) is 67.7 Å². The first-order valence-electron chi connectivity index (χ1n) is 18.5. The number of rotatable bonds is 12. The summed E-state index contributed by atoms with van der Waals surface area (Å²) in [5.41, 5.74) is 10.3. The van der Waals surface area contributed by atoms with E-state index in [0.717, 1.165) is 61.0 Å². The van der Waals surface area contributed by atoms with Gasteiger partial charge in [-0.3, -0.25) is 4.98 Å². The molecule has 5 aromatic carbocycles. The molecule has 0 unspecified atom stereocenters. The number of ether oxygens (including phenoxy) is 6. The molecule has 0 N–H and O–H groups in total. The molecule has 0 bridgehead atoms. The van der Waals surface area contributed by atoms with E-state index in [-0.39, 0.29) is 0 Å². The van der Waals surface area contributed by atoms with Crippen molar-refractivity contribution in [1.29, 1.82) is 0 Å². The molecule has 58 heavy (non-hydrogen) atoms. The average Bonchev–Trinajstić information content (AvgIpc) is 3.28. The number of benzene rings is 5. The van der Waals surface area contributed by atoms with Crippen LogP contribution in [0.25, 0.3) is 44.1 Å². The van der Waals surface area contributed by atoms with E-state index >= 15 is 0 Å². The van der Waals surface area contributed by atoms with Gasteiger partial charge in [-0.2, -0.15) is 0 Å². The van der Waals surface area contributed by atoms with Gasteiger partial charge in [-0.25, -0.2) is 19.9 Å². The van der Waals surface area contributed by atoms with E-state index < -0.39 is 0 Å². The van der Waals surface area contributed by atoms with Crippen molar-refractivity contribution in [2.24, 2.45) is 0 Å². The van der Waals surface area contributed by atoms with Crippen molar-refractivity contribution >= 4 is 21.8 Å². The quantitative estimate of drug-likeness (QED) is 0.118. The van der Waals surface area contributed by atoms with Gasteiger partial charge in [-0.05, 0) is 69.8 Å². The maximum absolute atomic E-state index is 5.46. The summed E-state index contributed by atoms with van der Waals surface area (Å²) in [7, 11) is 9.77. The van der Waals surface area contributed by atoms with Crippen molar-refractivity contribution in [3.05, 3.63) is 151 Å². The Kier molecular flexibility index (Phi) is 12.2. The largest absolute Gasteiger partial charge is 0.493 e. The molecule has 3 heterocycles. The Hall–Kier alpha value is -7.27. The van der Waals surface area contributed by atoms with Gasteiger partial charge in [0.2, 0.25) is 0 Å². The predicted octanol–water partition coefficient (Wildman–Crippen LogP) is 9.22. The SMILES string of the molecule is COc1cc2ncnc(Cc3cccc(-c4ccncc4)c3)c2cc1OC.COc1ccc(-c2cccc(Cc3ncnc4cc(OC)c(OC)cc34)c2)cc1OC. The van der Waals surface area contributed by atoms with Gasteiger partial charge in [0.1, 0.15) is 12.7 Å². The van der Waals surface area contributed by atoms with E-state index in [9.17, 15) is 0 Å². The lowest BCUT2D eigenvalue weighted by molar-refractivity contribution is 0.355. The van der Waals surface area contributed by atoms with Crippen LogP contribution >= 0.6 is 0 Å². The van der Waals surface area contributed by atoms with Gasteiger partial charge < -0.3 is 28.4 Å². The molecule has 0 aliphatic carbocycles. The standard InChI is InChI=1S/C25H24N2O4.C22H19N3O2/c1-28-22-9-8-18(12-23(22)29-2)17-7-5-6-16(10-17)11-20-19-13-24(30-3)25(31-4)14-21(19)27-15-26-20;1-26-21-12-18-19(24-14-25-20(18)13-22(21)27-2)11-15-4-3-5-17(10-15)16-6-8-23-9-7-16/h5-10,12-15H,11H2,1-4H3;3-10,12-14H,11H2,1-2H3. The van der Waals surface area contributed by atoms with Crippen LogP contribution in [0, 0.1) is 0 Å². The fraction of sp³-hybridized carbons (Fsp3) is 0.170. The highest BCUT2D eigenvalue weighted by Gasteiger charge is 2.14. The summed E-state index contributed by atoms with van der Waals surface area (Å²) in [6.07, 6.45) is 8.15. The summed E-state index contributed by atoms with van der Waals surface area (Å²) in [6, 6.07) is 34.4. The smallest absolute Gasteiger partial charge is 0.162 e. The van der Waals surface area contributed by atoms with Gasteiger partial charge in [-0.1, -0.05) is 54.6 Å². The topological polar surface area (TPSA) is 120 Å². The third kappa shape index (κ3) is 8.58. The number of fused-ring (bicyclic) bond motifs is 2. The third-order valence-corrected chi connectivity index (χ3v) is 9.77. The van der Waals surface area contributed by atoms with Crippen LogP contribution < -0.4 is 28.4 Å². The van der Waals surface area contributed by atoms with Crippen LogP contribution in [0.15, 0.2) is 128 Å². The van der Waals surface area contributed by atoms with Crippen molar-refractivity contribution in [2.75, 3.05) is 42.7 Å². The number of methoxy groups -OCH3 is 6. The summed E-state index contributed by atoms with van der Waals surface area (Å²) < 4.78 is 32.5. The molecule has 0 spiro atoms. The molecule has 0 fully saturated rings. The molecule has 8 rings (SSSR count). The Morgan fingerprint density at radius 1 is 0.379 bits per heavy atom. The summed E-state index contributed by atoms with van der Waals surface area (Å²) >= 11 is 0. The number of pyridine rings is 1. The highest BCUT2D eigenvalue weighted by molar-refractivity contribution is 5.86. The Labute approximate surface area is 337 Å². The van der Waals surface area contributed by atoms with Crippen molar-refractivity contribution in [3.8, 4) is 56.8 Å². The van der Waals surface area contributed by atoms with Gasteiger partial charge in [0.25, 0.3) is 0 Å². The molecule has 0 radical (unpaired) electrons. The Morgan fingerprint density at radius 2 is 0.810 bits per heavy atom. The molecule has 3 aromatic heterocycles. The van der Waals surface area contributed by atoms with Gasteiger partial charge in [0.15, 0.2) is 34.5 Å². The van der Waals surface area contributed by atoms with Gasteiger partial charge in [-0.15, -0.1) is 0 Å². The number of aromatic nitrogens is 5. The number of hydrogen-bond donors (Lipinski definition) is 0. The lowest BCUT2D eigenvalue weighted by Gasteiger charge is -2.12. The van der Waals surface area contributed by atoms with Crippen molar-refractivity contribution in [3.63, 3.8) is 0 Å². The maximum Gasteiger partial charge on any atom is 0.162 e. The minimum Gasteiger partial charge on any atom is -0.493 e. The second-order valence-electron chi connectivity index (χ2n) is 13.1. The number of hydrogen-bond acceptors (Lipinski definition) is 11. The van der Waals surface area contributed by atoms with Crippen LogP contribution in [-0.4, -0.2) is 67.6 Å². The van der Waals surface area contributed by atoms with Crippen LogP contribution in [0.3, 0.4) is 0 Å². The van der Waals surface area contributed by atoms with E-state index in [1.807, 2.05) is 60.7 Å². The molecule has 292 valence electrons. The lowest BCUT2D eigenvalue weighted by atomic mass is 9.99. The minimum atomic E-state index is 0.648. The minimum absolute atomic E-state index is 0.648. The van der Waals surface area contributed by atoms with Gasteiger partial charge >= 0.3 is 0 Å². The van der Waals surface area contributed by atoms with Crippen molar-refractivity contribution < 1.29 is 28.4 Å². The highest BCUT2D eigenvalue weighted by Crippen LogP contribution is 2.36. The summed E-state index contributed by atoms with van der Waals surface area (Å²) in [6.45, 7) is 0. The van der Waals surface area contributed by atoms with E-state index in [0.29, 0.717) is 47.3 Å². The number of nitrogens with zero attached hydrogens (tertiary/aromatic N) is 5. The second kappa shape index (κ2) is 18.1. The average molecular weight is 774 g/mol. The fourth-order valence-electron chi connectivity index (χ4n) is 6.82. The molecule has 0 aliphatic heterocycles. The first-order chi connectivity index (χ1) is 28.4. The summed E-state index contributed by atoms with van der Waals surface area (Å²) in [5, 5.41) is 1.90. The molecule has 11 nitrogen and oxygen atoms in total. The first kappa shape index (κ1) is 39.0. The van der Waals surface area contributed by atoms with Crippen LogP contribution in [0.2, 0.25) is 0 Å². The zero-order valence-electron chi connectivity index (χ0n) is 33.2. The normalized spacial score (nSPS) is 10.7. The Balaban J connectivity index is 0.000000178. The molecule has 0 atom stereocenters. The summed E-state index contributed by atoms with van der Waals surface area (Å²) in [5.74, 6) is 4.05. The molecule has 0 amide bonds. The zero-order valence-corrected chi connectivity index (χ0v) is 33.2. The predicted molar refractivity (Wildman–Crippen MR) is 226 cm³/mol. The lowest BCUT2D eigenvalue weighted by Crippen LogP contribution is -1.98. The van der Waals surface area contributed by atoms with Gasteiger partial charge in [0.05, 0.1) is 65.1 Å². The first-order valence-corrected chi connectivity index (χ1v) is 18.5. The van der Waals surface area contributed by atoms with Gasteiger partial charge in [0, 0.05) is 48.1 Å². The molecular formula is C47H43N5O6. The van der Waals surface area contributed by atoms with E-state index in [2.05, 4.69) is 67.4 Å². The monoisotopic (exact) mass is 773 g/mol. The van der Waals surface area contributed by atoms with E-state index in [4.69, 9.17) is 28.4 Å². The van der Waals surface area contributed by atoms with Crippen LogP contribution in [-0.2, 0) is 12.8 Å². The second-order valence-corrected chi connectivity index (χ2v) is 13.1. The van der Waals surface area contributed by atoms with Crippen molar-refractivity contribution in [2.45, 2.75) is 12.8 Å². The van der Waals surface area contributed by atoms with Crippen LogP contribution in [0.1, 0.15) is 22.5 Å². The molecule has 11 heteroatoms. The molecule has 0 aliphatic rings. The molecular weight excluding hydrogens is 731 g/mol. The maximum atomic E-state index is 5.46. The van der Waals surface area contributed by atoms with Crippen molar-refractivity contribution in [1.82, 2.24) is 24.9 Å². The Morgan fingerprint density at radius 3 is 1.29 bits per heavy atom. The highest BCUT2D eigenvalue weighted by atomic mass is 16.5. The fourth-order valence-corrected chi connectivity index (χ4v) is 6.82. The van der Waals surface area contributed by atoms with Crippen LogP contribution in [0.4, 0.5) is 0 Å². The van der Waals surface area contributed by atoms with E-state index in [1.165, 1.54) is 5.56 Å². The third-order valence-electron chi connectivity index (χ3n) is 9.77. The Bertz CT molecular complexity index is 2670. The zero-order chi connectivity index (χ0) is 40.4. The molecule has 8 aromatic rings. The molecule has 0 saturated carbocycles. The molecule has 0 saturated heterocycles.